The van der Waals surface area contributed by atoms with Crippen molar-refractivity contribution in [1.82, 2.24) is 14.6 Å². The van der Waals surface area contributed by atoms with Crippen LogP contribution in [0.1, 0.15) is 18.7 Å². The summed E-state index contributed by atoms with van der Waals surface area (Å²) in [6.07, 6.45) is -2.51. The van der Waals surface area contributed by atoms with Crippen LogP contribution in [0.3, 0.4) is 0 Å². The summed E-state index contributed by atoms with van der Waals surface area (Å²) in [5.41, 5.74) is -0.683. The number of aromatic nitrogens is 2. The highest BCUT2D eigenvalue weighted by molar-refractivity contribution is 7.52. The van der Waals surface area contributed by atoms with E-state index in [2.05, 4.69) is 10.1 Å². The number of carbonyl (C=O) groups is 1. The Hall–Kier alpha value is -3.58. The van der Waals surface area contributed by atoms with Crippen molar-refractivity contribution < 1.29 is 38.1 Å². The summed E-state index contributed by atoms with van der Waals surface area (Å²) in [6, 6.07) is 17.1. The molecule has 1 aliphatic heterocycles. The lowest BCUT2D eigenvalue weighted by molar-refractivity contribution is -0.146. The van der Waals surface area contributed by atoms with E-state index in [1.165, 1.54) is 6.92 Å². The van der Waals surface area contributed by atoms with E-state index < -0.39 is 68.6 Å². The summed E-state index contributed by atoms with van der Waals surface area (Å²) in [4.78, 5) is 38.4. The molecule has 214 valence electrons. The second-order valence-electron chi connectivity index (χ2n) is 9.06. The SMILES string of the molecule is C[C@H](N[P@@](=O)(OC[C@H]1O[C@@H](n2ccc(=O)[nH]c2=O)[C@H](O)[C@@H]1CO)Oc1ccccc1)C(=O)OCc1ccccc1. The van der Waals surface area contributed by atoms with Gasteiger partial charge in [0.05, 0.1) is 19.3 Å². The molecule has 4 N–H and O–H groups in total. The minimum Gasteiger partial charge on any atom is -0.460 e. The fourth-order valence-corrected chi connectivity index (χ4v) is 5.57. The van der Waals surface area contributed by atoms with Gasteiger partial charge >= 0.3 is 19.4 Å². The Bertz CT molecular complexity index is 1430. The van der Waals surface area contributed by atoms with Crippen LogP contribution in [0.25, 0.3) is 0 Å². The maximum Gasteiger partial charge on any atom is 0.459 e. The van der Waals surface area contributed by atoms with Crippen molar-refractivity contribution in [3.05, 3.63) is 99.3 Å². The maximum absolute atomic E-state index is 13.8. The van der Waals surface area contributed by atoms with Crippen molar-refractivity contribution in [3.63, 3.8) is 0 Å². The highest BCUT2D eigenvalue weighted by Crippen LogP contribution is 2.46. The maximum atomic E-state index is 13.8. The first-order valence-electron chi connectivity index (χ1n) is 12.4. The van der Waals surface area contributed by atoms with Crippen LogP contribution in [-0.4, -0.2) is 57.2 Å². The number of esters is 1. The molecule has 1 saturated heterocycles. The van der Waals surface area contributed by atoms with E-state index >= 15 is 0 Å². The minimum absolute atomic E-state index is 0.00782. The molecule has 0 spiro atoms. The fraction of sp³-hybridized carbons (Fsp3) is 0.346. The number of aromatic amines is 1. The number of H-pyrrole nitrogens is 1. The summed E-state index contributed by atoms with van der Waals surface area (Å²) >= 11 is 0. The standard InChI is InChI=1S/C26H30N3O10P/c1-17(25(33)36-15-18-8-4-2-5-9-18)28-40(35,39-19-10-6-3-7-11-19)37-16-21-20(14-30)23(32)24(38-21)29-13-12-22(31)27-26(29)34/h2-13,17,20-21,23-24,30,32H,14-16H2,1H3,(H,28,35)(H,27,31,34)/t17-,20+,21+,23+,24+,40+/m0/s1. The number of benzene rings is 2. The third-order valence-corrected chi connectivity index (χ3v) is 7.81. The molecular formula is C26H30N3O10P. The lowest BCUT2D eigenvalue weighted by Gasteiger charge is -2.25. The molecule has 1 aliphatic rings. The Labute approximate surface area is 228 Å². The van der Waals surface area contributed by atoms with Gasteiger partial charge in [-0.3, -0.25) is 23.7 Å². The Morgan fingerprint density at radius 2 is 1.80 bits per heavy atom. The Morgan fingerprint density at radius 3 is 2.45 bits per heavy atom. The first-order valence-corrected chi connectivity index (χ1v) is 14.0. The number of nitrogens with zero attached hydrogens (tertiary/aromatic N) is 1. The lowest BCUT2D eigenvalue weighted by atomic mass is 9.99. The summed E-state index contributed by atoms with van der Waals surface area (Å²) < 4.78 is 37.1. The topological polar surface area (TPSA) is 178 Å². The van der Waals surface area contributed by atoms with Crippen LogP contribution in [0.4, 0.5) is 0 Å². The predicted octanol–water partition coefficient (Wildman–Crippen LogP) is 1.33. The Kier molecular flexibility index (Phi) is 9.69. The summed E-state index contributed by atoms with van der Waals surface area (Å²) in [7, 11) is -4.27. The number of aliphatic hydroxyl groups excluding tert-OH is 2. The normalized spacial score (nSPS) is 22.8. The first-order chi connectivity index (χ1) is 19.2. The lowest BCUT2D eigenvalue weighted by Crippen LogP contribution is -2.37. The molecule has 1 aromatic heterocycles. The molecule has 14 heteroatoms. The minimum atomic E-state index is -4.27. The van der Waals surface area contributed by atoms with E-state index in [4.69, 9.17) is 18.5 Å². The van der Waals surface area contributed by atoms with Crippen molar-refractivity contribution in [2.75, 3.05) is 13.2 Å². The Morgan fingerprint density at radius 1 is 1.12 bits per heavy atom. The number of ether oxygens (including phenoxy) is 2. The van der Waals surface area contributed by atoms with Gasteiger partial charge in [-0.15, -0.1) is 0 Å². The molecule has 0 amide bonds. The van der Waals surface area contributed by atoms with Crippen LogP contribution in [-0.2, 0) is 30.0 Å². The zero-order chi connectivity index (χ0) is 28.7. The predicted molar refractivity (Wildman–Crippen MR) is 141 cm³/mol. The van der Waals surface area contributed by atoms with Crippen LogP contribution >= 0.6 is 7.75 Å². The molecular weight excluding hydrogens is 545 g/mol. The van der Waals surface area contributed by atoms with E-state index in [-0.39, 0.29) is 12.4 Å². The van der Waals surface area contributed by atoms with Gasteiger partial charge in [-0.1, -0.05) is 48.5 Å². The average Bonchev–Trinajstić information content (AvgIpc) is 3.26. The highest BCUT2D eigenvalue weighted by atomic mass is 31.2. The quantitative estimate of drug-likeness (QED) is 0.181. The van der Waals surface area contributed by atoms with Gasteiger partial charge in [0.2, 0.25) is 0 Å². The molecule has 4 rings (SSSR count). The zero-order valence-electron chi connectivity index (χ0n) is 21.5. The van der Waals surface area contributed by atoms with E-state index in [9.17, 15) is 29.2 Å². The number of rotatable bonds is 12. The van der Waals surface area contributed by atoms with Crippen molar-refractivity contribution >= 4 is 13.7 Å². The van der Waals surface area contributed by atoms with Crippen LogP contribution in [0.5, 0.6) is 5.75 Å². The summed E-state index contributed by atoms with van der Waals surface area (Å²) in [5.74, 6) is -1.46. The van der Waals surface area contributed by atoms with Gasteiger partial charge in [0.25, 0.3) is 5.56 Å². The van der Waals surface area contributed by atoms with Gasteiger partial charge < -0.3 is 24.2 Å². The molecule has 0 unspecified atom stereocenters. The largest absolute Gasteiger partial charge is 0.460 e. The molecule has 0 bridgehead atoms. The van der Waals surface area contributed by atoms with Gasteiger partial charge in [0.1, 0.15) is 24.5 Å². The van der Waals surface area contributed by atoms with Crippen LogP contribution < -0.4 is 20.9 Å². The van der Waals surface area contributed by atoms with Gasteiger partial charge in [-0.25, -0.2) is 9.36 Å². The van der Waals surface area contributed by atoms with Crippen molar-refractivity contribution in [1.29, 1.82) is 0 Å². The van der Waals surface area contributed by atoms with Gasteiger partial charge in [0.15, 0.2) is 6.23 Å². The van der Waals surface area contributed by atoms with Crippen molar-refractivity contribution in [2.45, 2.75) is 38.0 Å². The number of para-hydroxylation sites is 1. The number of carbonyl (C=O) groups excluding carboxylic acids is 1. The van der Waals surface area contributed by atoms with Crippen molar-refractivity contribution in [2.24, 2.45) is 5.92 Å². The second kappa shape index (κ2) is 13.2. The van der Waals surface area contributed by atoms with Gasteiger partial charge in [-0.2, -0.15) is 5.09 Å². The first kappa shape index (κ1) is 29.4. The molecule has 3 aromatic rings. The molecule has 0 radical (unpaired) electrons. The second-order valence-corrected chi connectivity index (χ2v) is 10.8. The monoisotopic (exact) mass is 575 g/mol. The van der Waals surface area contributed by atoms with Crippen LogP contribution in [0, 0.1) is 5.92 Å². The average molecular weight is 576 g/mol. The molecule has 0 saturated carbocycles. The Balaban J connectivity index is 1.47. The van der Waals surface area contributed by atoms with Gasteiger partial charge in [0, 0.05) is 18.2 Å². The number of hydrogen-bond acceptors (Lipinski definition) is 10. The van der Waals surface area contributed by atoms with Gasteiger partial charge in [-0.05, 0) is 24.6 Å². The third-order valence-electron chi connectivity index (χ3n) is 6.17. The summed E-state index contributed by atoms with van der Waals surface area (Å²) in [5, 5.41) is 23.2. The highest BCUT2D eigenvalue weighted by Gasteiger charge is 2.46. The van der Waals surface area contributed by atoms with E-state index in [0.29, 0.717) is 0 Å². The van der Waals surface area contributed by atoms with E-state index in [1.54, 1.807) is 54.6 Å². The van der Waals surface area contributed by atoms with Crippen molar-refractivity contribution in [3.8, 4) is 5.75 Å². The van der Waals surface area contributed by atoms with E-state index in [1.807, 2.05) is 6.07 Å². The zero-order valence-corrected chi connectivity index (χ0v) is 22.4. The number of aliphatic hydroxyl groups is 2. The molecule has 40 heavy (non-hydrogen) atoms. The smallest absolute Gasteiger partial charge is 0.459 e. The third kappa shape index (κ3) is 7.33. The molecule has 1 fully saturated rings. The fourth-order valence-electron chi connectivity index (χ4n) is 4.06. The molecule has 2 aromatic carbocycles. The summed E-state index contributed by atoms with van der Waals surface area (Å²) in [6.45, 7) is 0.430. The van der Waals surface area contributed by atoms with Crippen LogP contribution in [0.2, 0.25) is 0 Å². The molecule has 2 heterocycles. The van der Waals surface area contributed by atoms with Crippen LogP contribution in [0.15, 0.2) is 82.5 Å². The van der Waals surface area contributed by atoms with E-state index in [0.717, 1.165) is 22.4 Å². The molecule has 6 atom stereocenters. The molecule has 13 nitrogen and oxygen atoms in total. The number of hydrogen-bond donors (Lipinski definition) is 4. The number of nitrogens with one attached hydrogen (secondary N) is 2. The molecule has 0 aliphatic carbocycles.